The number of anilines is 6. The van der Waals surface area contributed by atoms with Crippen LogP contribution in [0, 0.1) is 20.8 Å². The molecule has 6 aliphatic rings. The SMILES string of the molecule is CCN(CC)c1ccc2c(c1)Oc1cc(C)ccc1C21c2ccccc2C(=O)N1c1cc(OC)c(OC)c(OC)c1.CCN(CC)c1ccc2c(c1)Oc1cc(C)ccc1C21c2ccccc2C(=O)N1c1ccc(OC)c(OC)c1.CCN(CC)c1ccc2c(c1)Oc1cc(C)ccc1C21c2ccccc2C(=O)N1c1ccc(OC)cc1. The van der Waals surface area contributed by atoms with Crippen molar-refractivity contribution >= 4 is 51.8 Å². The summed E-state index contributed by atoms with van der Waals surface area (Å²) < 4.78 is 53.5. The zero-order valence-electron chi connectivity index (χ0n) is 68.8. The Morgan fingerprint density at radius 2 is 0.581 bits per heavy atom. The molecule has 0 aliphatic carbocycles. The lowest BCUT2D eigenvalue weighted by atomic mass is 9.74. The first kappa shape index (κ1) is 77.6. The monoisotopic (exact) mass is 1560 g/mol. The minimum Gasteiger partial charge on any atom is -0.497 e. The van der Waals surface area contributed by atoms with Crippen molar-refractivity contribution in [3.63, 3.8) is 0 Å². The smallest absolute Gasteiger partial charge is 0.260 e. The molecule has 0 N–H and O–H groups in total. The maximum Gasteiger partial charge on any atom is 0.260 e. The fraction of sp³-hybridized carbons (Fsp3) is 0.242. The van der Waals surface area contributed by atoms with Gasteiger partial charge in [0.25, 0.3) is 17.7 Å². The molecule has 0 saturated heterocycles. The zero-order valence-corrected chi connectivity index (χ0v) is 68.8. The summed E-state index contributed by atoms with van der Waals surface area (Å²) in [6, 6.07) is 78.5. The van der Waals surface area contributed by atoms with Crippen LogP contribution in [0.2, 0.25) is 0 Å². The number of carbonyl (C=O) groups is 3. The normalized spacial score (nSPS) is 16.8. The Morgan fingerprint density at radius 3 is 0.906 bits per heavy atom. The molecule has 3 unspecified atom stereocenters. The fourth-order valence-corrected chi connectivity index (χ4v) is 18.4. The third-order valence-electron chi connectivity index (χ3n) is 23.8. The van der Waals surface area contributed by atoms with Gasteiger partial charge in [-0.2, -0.15) is 0 Å². The first-order valence-corrected chi connectivity index (χ1v) is 40.0. The maximum atomic E-state index is 14.5. The van der Waals surface area contributed by atoms with Gasteiger partial charge in [-0.15, -0.1) is 0 Å². The van der Waals surface area contributed by atoms with Crippen molar-refractivity contribution in [1.82, 2.24) is 0 Å². The van der Waals surface area contributed by atoms with Crippen molar-refractivity contribution in [3.05, 3.63) is 320 Å². The minimum absolute atomic E-state index is 0.0343. The van der Waals surface area contributed by atoms with E-state index in [2.05, 4.69) is 185 Å². The highest BCUT2D eigenvalue weighted by Gasteiger charge is 2.61. The summed E-state index contributed by atoms with van der Waals surface area (Å²) >= 11 is 0. The van der Waals surface area contributed by atoms with E-state index in [0.29, 0.717) is 56.8 Å². The molecule has 0 aromatic heterocycles. The van der Waals surface area contributed by atoms with Crippen LogP contribution in [0.3, 0.4) is 0 Å². The minimum atomic E-state index is -1.00. The van der Waals surface area contributed by atoms with Crippen molar-refractivity contribution in [2.45, 2.75) is 78.9 Å². The fourth-order valence-electron chi connectivity index (χ4n) is 18.4. The van der Waals surface area contributed by atoms with Gasteiger partial charge in [0.2, 0.25) is 5.75 Å². The Bertz CT molecular complexity index is 5870. The predicted octanol–water partition coefficient (Wildman–Crippen LogP) is 20.7. The average Bonchev–Trinajstić information content (AvgIpc) is 1.56. The van der Waals surface area contributed by atoms with Crippen molar-refractivity contribution in [1.29, 1.82) is 0 Å². The number of methoxy groups -OCH3 is 6. The second-order valence-electron chi connectivity index (χ2n) is 29.7. The Hall–Kier alpha value is -13.4. The first-order chi connectivity index (χ1) is 56.9. The second-order valence-corrected chi connectivity index (χ2v) is 29.7. The molecule has 0 bridgehead atoms. The van der Waals surface area contributed by atoms with Crippen LogP contribution in [0.25, 0.3) is 0 Å². The van der Waals surface area contributed by atoms with Crippen molar-refractivity contribution in [2.75, 3.05) is 111 Å². The van der Waals surface area contributed by atoms with Gasteiger partial charge in [0.15, 0.2) is 23.0 Å². The third kappa shape index (κ3) is 12.1. The molecule has 117 heavy (non-hydrogen) atoms. The number of rotatable bonds is 18. The summed E-state index contributed by atoms with van der Waals surface area (Å²) in [5.41, 5.74) is 16.1. The van der Waals surface area contributed by atoms with E-state index in [1.54, 1.807) is 42.7 Å². The van der Waals surface area contributed by atoms with Crippen LogP contribution in [0.5, 0.6) is 69.0 Å². The Balaban J connectivity index is 0.000000132. The van der Waals surface area contributed by atoms with E-state index in [0.717, 1.165) is 169 Å². The highest BCUT2D eigenvalue weighted by molar-refractivity contribution is 6.17. The number of nitrogens with zero attached hydrogens (tertiary/aromatic N) is 6. The van der Waals surface area contributed by atoms with E-state index >= 15 is 0 Å². The van der Waals surface area contributed by atoms with E-state index in [1.807, 2.05) is 143 Å². The number of hydrogen-bond acceptors (Lipinski definition) is 15. The van der Waals surface area contributed by atoms with Gasteiger partial charge in [-0.1, -0.05) is 109 Å². The van der Waals surface area contributed by atoms with Crippen molar-refractivity contribution in [2.24, 2.45) is 0 Å². The summed E-state index contributed by atoms with van der Waals surface area (Å²) in [6.07, 6.45) is 0. The van der Waals surface area contributed by atoms with Crippen LogP contribution in [0.15, 0.2) is 237 Å². The average molecular weight is 1560 g/mol. The number of hydrogen-bond donors (Lipinski definition) is 0. The Labute approximate surface area is 684 Å². The number of carbonyl (C=O) groups excluding carboxylic acids is 3. The van der Waals surface area contributed by atoms with Gasteiger partial charge < -0.3 is 57.3 Å². The van der Waals surface area contributed by atoms with Crippen molar-refractivity contribution in [3.8, 4) is 69.0 Å². The van der Waals surface area contributed by atoms with Crippen LogP contribution in [0.4, 0.5) is 34.1 Å². The molecular formula is C99H96N6O12. The van der Waals surface area contributed by atoms with Gasteiger partial charge in [0, 0.05) is 171 Å². The molecule has 3 amide bonds. The predicted molar refractivity (Wildman–Crippen MR) is 462 cm³/mol. The molecule has 3 spiro atoms. The second kappa shape index (κ2) is 31.1. The quantitative estimate of drug-likeness (QED) is 0.0800. The molecule has 0 saturated carbocycles. The first-order valence-electron chi connectivity index (χ1n) is 40.0. The number of amides is 3. The van der Waals surface area contributed by atoms with E-state index in [1.165, 1.54) is 0 Å². The molecule has 0 radical (unpaired) electrons. The molecule has 594 valence electrons. The third-order valence-corrected chi connectivity index (χ3v) is 23.8. The van der Waals surface area contributed by atoms with Gasteiger partial charge in [-0.25, -0.2) is 0 Å². The molecule has 18 rings (SSSR count). The highest BCUT2D eigenvalue weighted by atomic mass is 16.5. The van der Waals surface area contributed by atoms with E-state index in [-0.39, 0.29) is 17.7 Å². The molecule has 6 aliphatic heterocycles. The lowest BCUT2D eigenvalue weighted by molar-refractivity contribution is 0.0977. The topological polar surface area (TPSA) is 154 Å². The maximum absolute atomic E-state index is 14.5. The number of fused-ring (bicyclic) bond motifs is 18. The zero-order chi connectivity index (χ0) is 81.9. The van der Waals surface area contributed by atoms with Crippen LogP contribution in [-0.4, -0.2) is 99.6 Å². The standard InChI is InChI=1S/C34H34N2O5.C33H32N2O4.C32H30N2O3/c1-7-35(8-2)22-14-16-27-29(18-22)41-28-17-21(3)13-15-26(28)34(27)25-12-10-9-11-24(25)33(37)36(34)23-19-30(38-4)32(40-6)31(20-23)39-5;1-6-34(7-2)22-13-16-27-30(19-22)39-29-18-21(3)12-15-26(29)33(27)25-11-9-8-10-24(25)32(36)35(33)23-14-17-28(37-4)31(20-23)38-5;1-5-33(6-2)23-14-18-28-30(20-23)37-29-19-21(3)11-17-27(29)32(28)26-10-8-7-9-25(26)31(35)34(32)22-12-15-24(36-4)16-13-22/h9-20H,7-8H2,1-6H3;8-20H,6-7H2,1-5H3;7-20H,5-6H2,1-4H3. The van der Waals surface area contributed by atoms with Gasteiger partial charge in [-0.3, -0.25) is 29.1 Å². The lowest BCUT2D eigenvalue weighted by Gasteiger charge is -2.44. The van der Waals surface area contributed by atoms with Crippen LogP contribution in [-0.2, 0) is 16.6 Å². The van der Waals surface area contributed by atoms with Crippen LogP contribution < -0.4 is 72.0 Å². The Morgan fingerprint density at radius 1 is 0.282 bits per heavy atom. The molecule has 3 atom stereocenters. The highest BCUT2D eigenvalue weighted by Crippen LogP contribution is 2.64. The summed E-state index contributed by atoms with van der Waals surface area (Å²) in [6.45, 7) is 24.4. The number of ether oxygens (including phenoxy) is 9. The summed E-state index contributed by atoms with van der Waals surface area (Å²) in [7, 11) is 9.58. The summed E-state index contributed by atoms with van der Waals surface area (Å²) in [4.78, 5) is 55.7. The van der Waals surface area contributed by atoms with Gasteiger partial charge in [0.1, 0.15) is 56.9 Å². The number of benzene rings is 12. The van der Waals surface area contributed by atoms with Crippen molar-refractivity contribution < 1.29 is 57.0 Å². The van der Waals surface area contributed by atoms with E-state index in [9.17, 15) is 14.4 Å². The molecule has 6 heterocycles. The van der Waals surface area contributed by atoms with Gasteiger partial charge in [0.05, 0.1) is 48.3 Å². The molecule has 12 aromatic rings. The lowest BCUT2D eigenvalue weighted by Crippen LogP contribution is -2.47. The molecule has 0 fully saturated rings. The molecule has 18 nitrogen and oxygen atoms in total. The van der Waals surface area contributed by atoms with Gasteiger partial charge >= 0.3 is 0 Å². The number of aryl methyl sites for hydroxylation is 3. The largest absolute Gasteiger partial charge is 0.497 e. The van der Waals surface area contributed by atoms with E-state index in [4.69, 9.17) is 42.6 Å². The van der Waals surface area contributed by atoms with Crippen LogP contribution >= 0.6 is 0 Å². The molecule has 12 aromatic carbocycles. The molecular weight excluding hydrogens is 1470 g/mol. The summed E-state index contributed by atoms with van der Waals surface area (Å²) in [5.74, 6) is 7.53. The molecule has 18 heteroatoms. The van der Waals surface area contributed by atoms with Crippen LogP contribution in [0.1, 0.15) is 139 Å². The Kier molecular flexibility index (Phi) is 20.6. The van der Waals surface area contributed by atoms with Gasteiger partial charge in [-0.05, 0) is 170 Å². The summed E-state index contributed by atoms with van der Waals surface area (Å²) in [5, 5.41) is 0. The van der Waals surface area contributed by atoms with E-state index < -0.39 is 16.6 Å².